The van der Waals surface area contributed by atoms with Crippen LogP contribution in [0.1, 0.15) is 50.5 Å². The first kappa shape index (κ1) is 22.6. The zero-order valence-corrected chi connectivity index (χ0v) is 18.9. The third kappa shape index (κ3) is 4.72. The molecular formula is C30H24O5. The van der Waals surface area contributed by atoms with E-state index in [1.165, 1.54) is 0 Å². The van der Waals surface area contributed by atoms with Gasteiger partial charge < -0.3 is 14.6 Å². The molecule has 0 spiro atoms. The van der Waals surface area contributed by atoms with E-state index in [1.807, 2.05) is 91.0 Å². The molecule has 0 aliphatic carbocycles. The molecule has 0 saturated heterocycles. The fraction of sp³-hybridized carbons (Fsp3) is 0.133. The molecule has 0 saturated carbocycles. The van der Waals surface area contributed by atoms with Gasteiger partial charge in [0.2, 0.25) is 0 Å². The number of aliphatic hydroxyl groups excluding tert-OH is 1. The highest BCUT2D eigenvalue weighted by atomic mass is 16.5. The highest BCUT2D eigenvalue weighted by molar-refractivity contribution is 6.03. The minimum atomic E-state index is -1.15. The molecule has 174 valence electrons. The summed E-state index contributed by atoms with van der Waals surface area (Å²) in [6, 6.07) is 33.6. The lowest BCUT2D eigenvalue weighted by Gasteiger charge is -2.29. The van der Waals surface area contributed by atoms with Crippen LogP contribution in [0.3, 0.4) is 0 Å². The van der Waals surface area contributed by atoms with Gasteiger partial charge in [0.1, 0.15) is 17.6 Å². The van der Waals surface area contributed by atoms with Crippen molar-refractivity contribution in [2.24, 2.45) is 0 Å². The van der Waals surface area contributed by atoms with Crippen molar-refractivity contribution in [1.29, 1.82) is 0 Å². The first-order valence-electron chi connectivity index (χ1n) is 11.5. The van der Waals surface area contributed by atoms with Gasteiger partial charge >= 0.3 is 0 Å². The predicted octanol–water partition coefficient (Wildman–Crippen LogP) is 5.76. The smallest absolute Gasteiger partial charge is 0.199 e. The fourth-order valence-corrected chi connectivity index (χ4v) is 4.29. The van der Waals surface area contributed by atoms with Crippen molar-refractivity contribution in [3.8, 4) is 11.5 Å². The van der Waals surface area contributed by atoms with Crippen LogP contribution in [0.15, 0.2) is 109 Å². The fourth-order valence-electron chi connectivity index (χ4n) is 4.29. The second kappa shape index (κ2) is 9.95. The molecule has 0 bridgehead atoms. The average Bonchev–Trinajstić information content (AvgIpc) is 2.92. The first-order chi connectivity index (χ1) is 17.1. The summed E-state index contributed by atoms with van der Waals surface area (Å²) in [5, 5.41) is 10.1. The van der Waals surface area contributed by atoms with Crippen molar-refractivity contribution >= 4 is 11.6 Å². The van der Waals surface area contributed by atoms with Crippen LogP contribution >= 0.6 is 0 Å². The van der Waals surface area contributed by atoms with E-state index in [0.717, 1.165) is 11.1 Å². The molecule has 2 aliphatic rings. The molecule has 0 fully saturated rings. The van der Waals surface area contributed by atoms with Gasteiger partial charge in [-0.1, -0.05) is 84.9 Å². The van der Waals surface area contributed by atoms with Crippen LogP contribution in [0.2, 0.25) is 0 Å². The maximum Gasteiger partial charge on any atom is 0.199 e. The molecule has 5 heteroatoms. The molecule has 3 unspecified atom stereocenters. The molecule has 4 aromatic rings. The van der Waals surface area contributed by atoms with E-state index < -0.39 is 12.2 Å². The Labute approximate surface area is 203 Å². The van der Waals surface area contributed by atoms with Crippen molar-refractivity contribution in [3.05, 3.63) is 131 Å². The third-order valence-electron chi connectivity index (χ3n) is 6.09. The number of rotatable bonds is 2. The Hall–Kier alpha value is -4.22. The minimum absolute atomic E-state index is 0.153. The van der Waals surface area contributed by atoms with E-state index >= 15 is 0 Å². The molecule has 4 aromatic carbocycles. The number of hydrogen-bond acceptors (Lipinski definition) is 5. The summed E-state index contributed by atoms with van der Waals surface area (Å²) in [4.78, 5) is 24.1. The topological polar surface area (TPSA) is 72.8 Å². The zero-order valence-electron chi connectivity index (χ0n) is 18.9. The lowest BCUT2D eigenvalue weighted by atomic mass is 9.94. The predicted molar refractivity (Wildman–Crippen MR) is 132 cm³/mol. The number of benzene rings is 4. The average molecular weight is 465 g/mol. The van der Waals surface area contributed by atoms with E-state index in [0.29, 0.717) is 29.0 Å². The summed E-state index contributed by atoms with van der Waals surface area (Å²) in [7, 11) is 0. The van der Waals surface area contributed by atoms with Crippen LogP contribution < -0.4 is 9.47 Å². The van der Waals surface area contributed by atoms with Gasteiger partial charge in [0.05, 0.1) is 17.5 Å². The zero-order chi connectivity index (χ0) is 24.2. The van der Waals surface area contributed by atoms with E-state index in [1.54, 1.807) is 18.2 Å². The second-order valence-corrected chi connectivity index (χ2v) is 8.40. The van der Waals surface area contributed by atoms with E-state index in [2.05, 4.69) is 0 Å². The van der Waals surface area contributed by atoms with Crippen molar-refractivity contribution in [1.82, 2.24) is 0 Å². The Morgan fingerprint density at radius 1 is 0.600 bits per heavy atom. The molecule has 0 aromatic heterocycles. The highest BCUT2D eigenvalue weighted by Crippen LogP contribution is 2.35. The number of carbonyl (C=O) groups excluding carboxylic acids is 2. The Kier molecular flexibility index (Phi) is 6.42. The number of hydrogen-bond donors (Lipinski definition) is 1. The minimum Gasteiger partial charge on any atom is -0.484 e. The van der Waals surface area contributed by atoms with Crippen LogP contribution in [0.4, 0.5) is 0 Å². The van der Waals surface area contributed by atoms with Crippen LogP contribution in [0.25, 0.3) is 0 Å². The maximum atomic E-state index is 12.1. The first-order valence-corrected chi connectivity index (χ1v) is 11.5. The number of fused-ring (bicyclic) bond motifs is 2. The monoisotopic (exact) mass is 464 g/mol. The van der Waals surface area contributed by atoms with E-state index in [-0.39, 0.29) is 17.7 Å². The number of para-hydroxylation sites is 2. The Balaban J connectivity index is 0.000000145. The van der Waals surface area contributed by atoms with Crippen LogP contribution in [-0.2, 0) is 0 Å². The molecule has 2 aliphatic heterocycles. The van der Waals surface area contributed by atoms with Crippen molar-refractivity contribution < 1.29 is 24.2 Å². The van der Waals surface area contributed by atoms with Gasteiger partial charge in [-0.05, 0) is 35.4 Å². The van der Waals surface area contributed by atoms with Crippen molar-refractivity contribution in [3.63, 3.8) is 0 Å². The van der Waals surface area contributed by atoms with Gasteiger partial charge in [-0.3, -0.25) is 9.59 Å². The molecule has 0 radical (unpaired) electrons. The summed E-state index contributed by atoms with van der Waals surface area (Å²) in [5.41, 5.74) is 2.99. The molecule has 1 N–H and O–H groups in total. The van der Waals surface area contributed by atoms with Crippen molar-refractivity contribution in [2.75, 3.05) is 0 Å². The third-order valence-corrected chi connectivity index (χ3v) is 6.09. The highest BCUT2D eigenvalue weighted by Gasteiger charge is 2.36. The Bertz CT molecular complexity index is 1330. The lowest BCUT2D eigenvalue weighted by molar-refractivity contribution is 0.0216. The van der Waals surface area contributed by atoms with Crippen LogP contribution in [-0.4, -0.2) is 22.8 Å². The molecule has 3 atom stereocenters. The second-order valence-electron chi connectivity index (χ2n) is 8.40. The van der Waals surface area contributed by atoms with Gasteiger partial charge in [0.15, 0.2) is 23.8 Å². The normalized spacial score (nSPS) is 20.3. The van der Waals surface area contributed by atoms with Crippen molar-refractivity contribution in [2.45, 2.75) is 24.7 Å². The van der Waals surface area contributed by atoms with E-state index in [9.17, 15) is 14.7 Å². The molecule has 35 heavy (non-hydrogen) atoms. The van der Waals surface area contributed by atoms with Crippen LogP contribution in [0.5, 0.6) is 11.5 Å². The summed E-state index contributed by atoms with van der Waals surface area (Å²) < 4.78 is 11.6. The summed E-state index contributed by atoms with van der Waals surface area (Å²) >= 11 is 0. The van der Waals surface area contributed by atoms with Gasteiger partial charge in [-0.2, -0.15) is 0 Å². The number of Topliss-reactive ketones (excluding diaryl/α,β-unsaturated/α-hetero) is 2. The van der Waals surface area contributed by atoms with E-state index in [4.69, 9.17) is 9.47 Å². The number of aliphatic hydroxyl groups is 1. The number of ether oxygens (including phenoxy) is 2. The Morgan fingerprint density at radius 3 is 1.77 bits per heavy atom. The lowest BCUT2D eigenvalue weighted by Crippen LogP contribution is -2.36. The van der Waals surface area contributed by atoms with Gasteiger partial charge in [0.25, 0.3) is 0 Å². The SMILES string of the molecule is O=C1CC(c2ccccc2)Oc2ccccc21.O=C1c2ccccc2OC(c2ccccc2)C1O. The standard InChI is InChI=1S/C15H12O3.C15H12O2/c16-13-11-8-4-5-9-12(11)18-15(14(13)17)10-6-2-1-3-7-10;16-13-10-15(11-6-2-1-3-7-11)17-14-9-5-4-8-12(13)14/h1-9,14-15,17H;1-9,15H,10H2. The summed E-state index contributed by atoms with van der Waals surface area (Å²) in [6.45, 7) is 0. The molecule has 0 amide bonds. The molecular weight excluding hydrogens is 440 g/mol. The maximum absolute atomic E-state index is 12.1. The molecule has 6 rings (SSSR count). The van der Waals surface area contributed by atoms with Gasteiger partial charge in [0, 0.05) is 0 Å². The quantitative estimate of drug-likeness (QED) is 0.409. The number of carbonyl (C=O) groups is 2. The largest absolute Gasteiger partial charge is 0.484 e. The summed E-state index contributed by atoms with van der Waals surface area (Å²) in [5.74, 6) is 1.09. The molecule has 2 heterocycles. The van der Waals surface area contributed by atoms with Gasteiger partial charge in [-0.15, -0.1) is 0 Å². The van der Waals surface area contributed by atoms with Crippen LogP contribution in [0, 0.1) is 0 Å². The number of ketones is 2. The summed E-state index contributed by atoms with van der Waals surface area (Å²) in [6.07, 6.45) is -1.52. The Morgan fingerprint density at radius 2 is 1.11 bits per heavy atom. The molecule has 5 nitrogen and oxygen atoms in total. The van der Waals surface area contributed by atoms with Gasteiger partial charge in [-0.25, -0.2) is 0 Å².